The van der Waals surface area contributed by atoms with E-state index in [-0.39, 0.29) is 28.0 Å². The van der Waals surface area contributed by atoms with E-state index in [0.717, 1.165) is 37.2 Å². The Hall–Kier alpha value is -3.23. The van der Waals surface area contributed by atoms with Crippen LogP contribution >= 0.6 is 22.9 Å². The highest BCUT2D eigenvalue weighted by molar-refractivity contribution is 7.22. The minimum atomic E-state index is -0.574. The molecule has 6 rings (SSSR count). The van der Waals surface area contributed by atoms with Gasteiger partial charge in [-0.25, -0.2) is 14.4 Å². The average molecular weight is 552 g/mol. The van der Waals surface area contributed by atoms with E-state index in [0.29, 0.717) is 52.5 Å². The first kappa shape index (κ1) is 25.1. The Morgan fingerprint density at radius 2 is 2.08 bits per heavy atom. The molecule has 11 heteroatoms. The van der Waals surface area contributed by atoms with Crippen LogP contribution in [0, 0.1) is 17.1 Å². The van der Waals surface area contributed by atoms with E-state index in [4.69, 9.17) is 22.1 Å². The number of thiazole rings is 1. The van der Waals surface area contributed by atoms with Crippen LogP contribution in [0.5, 0.6) is 5.88 Å². The SMILES string of the molecule is CN1CCC[C@H]1COc1nc2c(F)c(-c3cccc4sc(N)nc34)c(Cl)cc2c(N2CCNCC2)c1C#N. The number of anilines is 2. The Labute approximate surface area is 228 Å². The molecule has 4 heterocycles. The number of likely N-dealkylation sites (N-methyl/N-ethyl adjacent to an activating group) is 1. The van der Waals surface area contributed by atoms with E-state index < -0.39 is 5.82 Å². The van der Waals surface area contributed by atoms with Gasteiger partial charge in [-0.1, -0.05) is 35.1 Å². The van der Waals surface area contributed by atoms with Crippen LogP contribution in [0.3, 0.4) is 0 Å². The van der Waals surface area contributed by atoms with Gasteiger partial charge in [0.05, 0.1) is 20.9 Å². The molecule has 2 aromatic heterocycles. The monoisotopic (exact) mass is 551 g/mol. The number of hydrogen-bond acceptors (Lipinski definition) is 9. The maximum absolute atomic E-state index is 16.5. The van der Waals surface area contributed by atoms with E-state index in [9.17, 15) is 5.26 Å². The lowest BCUT2D eigenvalue weighted by atomic mass is 9.99. The van der Waals surface area contributed by atoms with Crippen LogP contribution < -0.4 is 20.7 Å². The van der Waals surface area contributed by atoms with Crippen molar-refractivity contribution < 1.29 is 9.13 Å². The van der Waals surface area contributed by atoms with Gasteiger partial charge in [-0.15, -0.1) is 0 Å². The Balaban J connectivity index is 1.57. The number of aromatic nitrogens is 2. The van der Waals surface area contributed by atoms with Gasteiger partial charge in [0.15, 0.2) is 10.9 Å². The van der Waals surface area contributed by atoms with E-state index in [1.54, 1.807) is 12.1 Å². The number of nitriles is 1. The fraction of sp³-hybridized carbons (Fsp3) is 0.370. The van der Waals surface area contributed by atoms with Crippen molar-refractivity contribution in [2.45, 2.75) is 18.9 Å². The summed E-state index contributed by atoms with van der Waals surface area (Å²) in [5.74, 6) is -0.424. The third kappa shape index (κ3) is 4.29. The Morgan fingerprint density at radius 1 is 1.26 bits per heavy atom. The van der Waals surface area contributed by atoms with Gasteiger partial charge in [-0.3, -0.25) is 0 Å². The van der Waals surface area contributed by atoms with Gasteiger partial charge >= 0.3 is 0 Å². The molecular formula is C27H27ClFN7OS. The van der Waals surface area contributed by atoms with Crippen LogP contribution in [0.15, 0.2) is 24.3 Å². The lowest BCUT2D eigenvalue weighted by Gasteiger charge is -2.32. The molecule has 2 fully saturated rings. The van der Waals surface area contributed by atoms with Crippen molar-refractivity contribution in [3.8, 4) is 23.1 Å². The maximum Gasteiger partial charge on any atom is 0.234 e. The lowest BCUT2D eigenvalue weighted by molar-refractivity contribution is 0.193. The number of likely N-dealkylation sites (tertiary alicyclic amines) is 1. The number of piperazine rings is 1. The van der Waals surface area contributed by atoms with Crippen molar-refractivity contribution in [2.24, 2.45) is 0 Å². The highest BCUT2D eigenvalue weighted by Gasteiger charge is 2.29. The second-order valence-electron chi connectivity index (χ2n) is 9.73. The van der Waals surface area contributed by atoms with Gasteiger partial charge in [-0.2, -0.15) is 5.26 Å². The van der Waals surface area contributed by atoms with Gasteiger partial charge < -0.3 is 25.6 Å². The largest absolute Gasteiger partial charge is 0.475 e. The van der Waals surface area contributed by atoms with Crippen LogP contribution in [-0.4, -0.2) is 67.3 Å². The molecule has 1 atom stereocenters. The molecular weight excluding hydrogens is 525 g/mol. The number of pyridine rings is 1. The molecule has 0 bridgehead atoms. The normalized spacial score (nSPS) is 18.4. The third-order valence-corrected chi connectivity index (χ3v) is 8.59. The van der Waals surface area contributed by atoms with Gasteiger partial charge in [0.25, 0.3) is 0 Å². The quantitative estimate of drug-likeness (QED) is 0.370. The number of halogens is 2. The molecule has 8 nitrogen and oxygen atoms in total. The van der Waals surface area contributed by atoms with Gasteiger partial charge in [0, 0.05) is 48.7 Å². The maximum atomic E-state index is 16.5. The van der Waals surface area contributed by atoms with Crippen LogP contribution in [0.1, 0.15) is 18.4 Å². The number of rotatable bonds is 5. The molecule has 0 aliphatic carbocycles. The molecule has 0 radical (unpaired) electrons. The summed E-state index contributed by atoms with van der Waals surface area (Å²) >= 11 is 8.12. The number of para-hydroxylation sites is 1. The van der Waals surface area contributed by atoms with Crippen LogP contribution in [-0.2, 0) is 0 Å². The molecule has 0 amide bonds. The number of nitrogens with zero attached hydrogens (tertiary/aromatic N) is 5. The minimum absolute atomic E-state index is 0.118. The van der Waals surface area contributed by atoms with Crippen molar-refractivity contribution in [1.29, 1.82) is 5.26 Å². The summed E-state index contributed by atoms with van der Waals surface area (Å²) in [6.45, 7) is 4.20. The first-order valence-corrected chi connectivity index (χ1v) is 13.9. The molecule has 2 aromatic carbocycles. The zero-order valence-electron chi connectivity index (χ0n) is 20.9. The van der Waals surface area contributed by atoms with E-state index in [1.807, 2.05) is 12.1 Å². The summed E-state index contributed by atoms with van der Waals surface area (Å²) in [7, 11) is 2.06. The first-order chi connectivity index (χ1) is 18.5. The van der Waals surface area contributed by atoms with Gasteiger partial charge in [0.2, 0.25) is 5.88 Å². The molecule has 0 unspecified atom stereocenters. The highest BCUT2D eigenvalue weighted by atomic mass is 35.5. The van der Waals surface area contributed by atoms with Crippen molar-refractivity contribution in [1.82, 2.24) is 20.2 Å². The topological polar surface area (TPSA) is 103 Å². The van der Waals surface area contributed by atoms with Crippen LogP contribution in [0.2, 0.25) is 5.02 Å². The molecule has 3 N–H and O–H groups in total. The van der Waals surface area contributed by atoms with Gasteiger partial charge in [-0.05, 0) is 38.6 Å². The minimum Gasteiger partial charge on any atom is -0.475 e. The zero-order chi connectivity index (χ0) is 26.4. The van der Waals surface area contributed by atoms with Crippen LogP contribution in [0.25, 0.3) is 32.2 Å². The standard InChI is InChI=1S/C27H27ClFN7OS/c1-35-9-3-4-15(35)14-37-26-18(13-30)25(36-10-7-32-8-11-36)17-12-19(28)21(22(29)24(17)33-26)16-5-2-6-20-23(16)34-27(31)38-20/h2,5-6,12,15,32H,3-4,7-11,14H2,1H3,(H2,31,34)/t15-/m0/s1. The molecule has 0 saturated carbocycles. The number of nitrogens with two attached hydrogens (primary N) is 1. The lowest BCUT2D eigenvalue weighted by Crippen LogP contribution is -2.44. The Kier molecular flexibility index (Phi) is 6.70. The number of nitrogens with one attached hydrogen (secondary N) is 1. The highest BCUT2D eigenvalue weighted by Crippen LogP contribution is 2.44. The second-order valence-corrected chi connectivity index (χ2v) is 11.2. The van der Waals surface area contributed by atoms with Crippen molar-refractivity contribution >= 4 is 54.9 Å². The molecule has 2 aliphatic rings. The molecule has 196 valence electrons. The number of benzene rings is 2. The molecule has 38 heavy (non-hydrogen) atoms. The third-order valence-electron chi connectivity index (χ3n) is 7.45. The van der Waals surface area contributed by atoms with E-state index in [2.05, 4.69) is 38.2 Å². The fourth-order valence-corrected chi connectivity index (χ4v) is 6.55. The summed E-state index contributed by atoms with van der Waals surface area (Å²) in [6, 6.07) is 9.75. The predicted octanol–water partition coefficient (Wildman–Crippen LogP) is 4.64. The number of fused-ring (bicyclic) bond motifs is 2. The van der Waals surface area contributed by atoms with E-state index in [1.165, 1.54) is 11.3 Å². The summed E-state index contributed by atoms with van der Waals surface area (Å²) in [5.41, 5.74) is 8.33. The summed E-state index contributed by atoms with van der Waals surface area (Å²) in [6.07, 6.45) is 2.10. The molecule has 2 aliphatic heterocycles. The van der Waals surface area contributed by atoms with Crippen LogP contribution in [0.4, 0.5) is 15.2 Å². The second kappa shape index (κ2) is 10.2. The number of nitrogen functional groups attached to an aromatic ring is 1. The first-order valence-electron chi connectivity index (χ1n) is 12.7. The molecule has 4 aromatic rings. The Bertz CT molecular complexity index is 1580. The number of ether oxygens (including phenoxy) is 1. The van der Waals surface area contributed by atoms with Crippen molar-refractivity contribution in [2.75, 3.05) is 57.0 Å². The van der Waals surface area contributed by atoms with Crippen molar-refractivity contribution in [3.05, 3.63) is 40.7 Å². The smallest absolute Gasteiger partial charge is 0.234 e. The summed E-state index contributed by atoms with van der Waals surface area (Å²) in [4.78, 5) is 13.4. The number of hydrogen-bond donors (Lipinski definition) is 2. The predicted molar refractivity (Wildman–Crippen MR) is 151 cm³/mol. The zero-order valence-corrected chi connectivity index (χ0v) is 22.5. The summed E-state index contributed by atoms with van der Waals surface area (Å²) < 4.78 is 23.6. The fourth-order valence-electron chi connectivity index (χ4n) is 5.49. The van der Waals surface area contributed by atoms with E-state index >= 15 is 4.39 Å². The Morgan fingerprint density at radius 3 is 2.82 bits per heavy atom. The summed E-state index contributed by atoms with van der Waals surface area (Å²) in [5, 5.41) is 14.7. The average Bonchev–Trinajstić information content (AvgIpc) is 3.51. The van der Waals surface area contributed by atoms with Crippen molar-refractivity contribution in [3.63, 3.8) is 0 Å². The van der Waals surface area contributed by atoms with Gasteiger partial charge in [0.1, 0.15) is 23.8 Å². The molecule has 2 saturated heterocycles. The molecule has 0 spiro atoms.